The van der Waals surface area contributed by atoms with Crippen LogP contribution in [0.3, 0.4) is 0 Å². The number of nitrogens with one attached hydrogen (secondary N) is 1. The van der Waals surface area contributed by atoms with Gasteiger partial charge in [0, 0.05) is 37.9 Å². The molecule has 29 heavy (non-hydrogen) atoms. The lowest BCUT2D eigenvalue weighted by molar-refractivity contribution is 0.127. The highest BCUT2D eigenvalue weighted by Gasteiger charge is 2.23. The van der Waals surface area contributed by atoms with Gasteiger partial charge in [0.05, 0.1) is 12.3 Å². The molecule has 158 valence electrons. The highest BCUT2D eigenvalue weighted by atomic mass is 19.3. The number of carbonyl (C=O) groups is 1. The van der Waals surface area contributed by atoms with Crippen LogP contribution in [-0.2, 0) is 4.74 Å². The molecule has 1 fully saturated rings. The summed E-state index contributed by atoms with van der Waals surface area (Å²) in [5.41, 5.74) is 0.846. The molecule has 0 unspecified atom stereocenters. The molecule has 0 saturated carbocycles. The Kier molecular flexibility index (Phi) is 6.95. The van der Waals surface area contributed by atoms with Crippen LogP contribution in [0.2, 0.25) is 0 Å². The number of piperidine rings is 1. The number of ether oxygens (including phenoxy) is 1. The quantitative estimate of drug-likeness (QED) is 0.755. The highest BCUT2D eigenvalue weighted by molar-refractivity contribution is 5.67. The first-order valence-corrected chi connectivity index (χ1v) is 9.82. The average molecular weight is 406 g/mol. The standard InChI is InChI=1S/C21H26F2N4O2.H2/c1-14(2)13-29-21(28)25-15-8-11-27(12-9-15)20-24-10-7-18(26-20)16-5-3-4-6-17(16)19(22)23;/h3-7,10,14-15,19H,8-9,11-13H2,1-2H3,(H,25,28);1H. The van der Waals surface area contributed by atoms with E-state index in [-0.39, 0.29) is 19.1 Å². The SMILES string of the molecule is CC(C)COC(=O)NC1CCN(c2nccc(-c3ccccc3C(F)F)n2)CC1.[HH]. The minimum absolute atomic E-state index is 0. The van der Waals surface area contributed by atoms with Gasteiger partial charge in [-0.1, -0.05) is 38.1 Å². The van der Waals surface area contributed by atoms with Crippen LogP contribution < -0.4 is 10.2 Å². The number of nitrogens with zero attached hydrogens (tertiary/aromatic N) is 3. The molecule has 3 rings (SSSR count). The number of alkyl halides is 2. The third kappa shape index (κ3) is 5.62. The van der Waals surface area contributed by atoms with Gasteiger partial charge in [0.1, 0.15) is 0 Å². The van der Waals surface area contributed by atoms with Crippen molar-refractivity contribution in [2.45, 2.75) is 39.2 Å². The van der Waals surface area contributed by atoms with Crippen molar-refractivity contribution in [2.75, 3.05) is 24.6 Å². The number of aromatic nitrogens is 2. The number of anilines is 1. The van der Waals surface area contributed by atoms with E-state index in [0.717, 1.165) is 12.8 Å². The van der Waals surface area contributed by atoms with Gasteiger partial charge in [-0.05, 0) is 24.8 Å². The number of carbonyl (C=O) groups excluding carboxylic acids is 1. The number of benzene rings is 1. The predicted molar refractivity (Wildman–Crippen MR) is 109 cm³/mol. The number of rotatable bonds is 6. The summed E-state index contributed by atoms with van der Waals surface area (Å²) in [7, 11) is 0. The first-order valence-electron chi connectivity index (χ1n) is 9.82. The molecular formula is C21H28F2N4O2. The molecule has 1 N–H and O–H groups in total. The van der Waals surface area contributed by atoms with Crippen LogP contribution in [0.1, 0.15) is 40.1 Å². The van der Waals surface area contributed by atoms with Gasteiger partial charge < -0.3 is 15.0 Å². The summed E-state index contributed by atoms with van der Waals surface area (Å²) >= 11 is 0. The third-order valence-corrected chi connectivity index (χ3v) is 4.76. The molecule has 1 aromatic heterocycles. The van der Waals surface area contributed by atoms with Crippen LogP contribution in [0.5, 0.6) is 0 Å². The average Bonchev–Trinajstić information content (AvgIpc) is 2.73. The molecular weight excluding hydrogens is 378 g/mol. The highest BCUT2D eigenvalue weighted by Crippen LogP contribution is 2.30. The molecule has 2 heterocycles. The summed E-state index contributed by atoms with van der Waals surface area (Å²) in [4.78, 5) is 22.7. The summed E-state index contributed by atoms with van der Waals surface area (Å²) in [5, 5.41) is 2.89. The Labute approximate surface area is 170 Å². The Morgan fingerprint density at radius 3 is 2.69 bits per heavy atom. The Hall–Kier alpha value is -2.77. The molecule has 8 heteroatoms. The number of halogens is 2. The normalized spacial score (nSPS) is 15.0. The topological polar surface area (TPSA) is 67.3 Å². The van der Waals surface area contributed by atoms with Gasteiger partial charge in [-0.15, -0.1) is 0 Å². The van der Waals surface area contributed by atoms with E-state index < -0.39 is 6.43 Å². The predicted octanol–water partition coefficient (Wildman–Crippen LogP) is 4.68. The maximum Gasteiger partial charge on any atom is 0.407 e. The van der Waals surface area contributed by atoms with Gasteiger partial charge in [0.25, 0.3) is 6.43 Å². The van der Waals surface area contributed by atoms with Crippen LogP contribution in [0.15, 0.2) is 36.5 Å². The Morgan fingerprint density at radius 1 is 1.28 bits per heavy atom. The molecule has 1 aliphatic rings. The fourth-order valence-electron chi connectivity index (χ4n) is 3.25. The molecule has 1 amide bonds. The van der Waals surface area contributed by atoms with Crippen molar-refractivity contribution in [3.63, 3.8) is 0 Å². The molecule has 0 spiro atoms. The molecule has 0 atom stereocenters. The number of hydrogen-bond acceptors (Lipinski definition) is 5. The van der Waals surface area contributed by atoms with E-state index in [2.05, 4.69) is 15.3 Å². The summed E-state index contributed by atoms with van der Waals surface area (Å²) < 4.78 is 31.8. The monoisotopic (exact) mass is 406 g/mol. The van der Waals surface area contributed by atoms with Gasteiger partial charge in [0.15, 0.2) is 0 Å². The molecule has 1 aliphatic heterocycles. The molecule has 0 aliphatic carbocycles. The number of amides is 1. The van der Waals surface area contributed by atoms with Gasteiger partial charge in [-0.25, -0.2) is 23.5 Å². The molecule has 2 aromatic rings. The van der Waals surface area contributed by atoms with E-state index in [9.17, 15) is 13.6 Å². The molecule has 6 nitrogen and oxygen atoms in total. The zero-order chi connectivity index (χ0) is 20.8. The zero-order valence-electron chi connectivity index (χ0n) is 16.6. The second-order valence-corrected chi connectivity index (χ2v) is 7.53. The molecule has 1 aromatic carbocycles. The van der Waals surface area contributed by atoms with Crippen molar-refractivity contribution in [1.82, 2.24) is 15.3 Å². The van der Waals surface area contributed by atoms with Crippen LogP contribution >= 0.6 is 0 Å². The van der Waals surface area contributed by atoms with Gasteiger partial charge in [0.2, 0.25) is 5.95 Å². The van der Waals surface area contributed by atoms with Crippen LogP contribution in [-0.4, -0.2) is 41.8 Å². The second kappa shape index (κ2) is 9.62. The van der Waals surface area contributed by atoms with Crippen molar-refractivity contribution in [2.24, 2.45) is 5.92 Å². The van der Waals surface area contributed by atoms with E-state index in [1.165, 1.54) is 6.07 Å². The largest absolute Gasteiger partial charge is 0.449 e. The van der Waals surface area contributed by atoms with Crippen molar-refractivity contribution in [3.8, 4) is 11.3 Å². The van der Waals surface area contributed by atoms with Crippen molar-refractivity contribution >= 4 is 12.0 Å². The fraction of sp³-hybridized carbons (Fsp3) is 0.476. The number of alkyl carbamates (subject to hydrolysis) is 1. The lowest BCUT2D eigenvalue weighted by atomic mass is 10.0. The first kappa shape index (κ1) is 21.0. The summed E-state index contributed by atoms with van der Waals surface area (Å²) in [6.45, 7) is 5.69. The second-order valence-electron chi connectivity index (χ2n) is 7.53. The summed E-state index contributed by atoms with van der Waals surface area (Å²) in [5.74, 6) is 0.801. The Bertz CT molecular complexity index is 830. The van der Waals surface area contributed by atoms with E-state index in [1.54, 1.807) is 30.5 Å². The molecule has 0 radical (unpaired) electrons. The minimum atomic E-state index is -2.57. The van der Waals surface area contributed by atoms with Crippen LogP contribution in [0.25, 0.3) is 11.3 Å². The van der Waals surface area contributed by atoms with Crippen LogP contribution in [0.4, 0.5) is 19.5 Å². The van der Waals surface area contributed by atoms with E-state index in [4.69, 9.17) is 4.74 Å². The van der Waals surface area contributed by atoms with E-state index in [0.29, 0.717) is 42.8 Å². The Balaban J connectivity index is 0.00000320. The minimum Gasteiger partial charge on any atom is -0.449 e. The summed E-state index contributed by atoms with van der Waals surface area (Å²) in [6.07, 6.45) is 0.102. The van der Waals surface area contributed by atoms with Crippen LogP contribution in [0, 0.1) is 5.92 Å². The molecule has 0 bridgehead atoms. The Morgan fingerprint density at radius 2 is 2.00 bits per heavy atom. The maximum atomic E-state index is 13.3. The van der Waals surface area contributed by atoms with Gasteiger partial charge in [-0.2, -0.15) is 0 Å². The first-order chi connectivity index (χ1) is 13.9. The van der Waals surface area contributed by atoms with Gasteiger partial charge in [-0.3, -0.25) is 0 Å². The van der Waals surface area contributed by atoms with E-state index in [1.807, 2.05) is 18.7 Å². The van der Waals surface area contributed by atoms with Crippen molar-refractivity contribution < 1.29 is 19.7 Å². The van der Waals surface area contributed by atoms with Gasteiger partial charge >= 0.3 is 6.09 Å². The third-order valence-electron chi connectivity index (χ3n) is 4.76. The lowest BCUT2D eigenvalue weighted by Crippen LogP contribution is -2.45. The zero-order valence-corrected chi connectivity index (χ0v) is 16.6. The smallest absolute Gasteiger partial charge is 0.407 e. The lowest BCUT2D eigenvalue weighted by Gasteiger charge is -2.32. The number of hydrogen-bond donors (Lipinski definition) is 1. The van der Waals surface area contributed by atoms with Crippen molar-refractivity contribution in [1.29, 1.82) is 0 Å². The maximum absolute atomic E-state index is 13.3. The van der Waals surface area contributed by atoms with E-state index >= 15 is 0 Å². The summed E-state index contributed by atoms with van der Waals surface area (Å²) in [6, 6.07) is 8.05. The van der Waals surface area contributed by atoms with Crippen molar-refractivity contribution in [3.05, 3.63) is 42.1 Å². The molecule has 1 saturated heterocycles. The fourth-order valence-corrected chi connectivity index (χ4v) is 3.25.